The average molecular weight is 407 g/mol. The van der Waals surface area contributed by atoms with Gasteiger partial charge >= 0.3 is 6.03 Å². The number of urea groups is 1. The smallest absolute Gasteiger partial charge is 0.324 e. The molecule has 1 aromatic heterocycles. The van der Waals surface area contributed by atoms with E-state index in [0.29, 0.717) is 5.95 Å². The van der Waals surface area contributed by atoms with Gasteiger partial charge in [-0.05, 0) is 55.7 Å². The zero-order chi connectivity index (χ0) is 21.1. The monoisotopic (exact) mass is 407 g/mol. The SMILES string of the molecule is C[C@@H](Nc1ccc2cnc(N(C)C(=O)NC3CCCC3)nc2c1)c1cccc(F)c1. The van der Waals surface area contributed by atoms with Crippen molar-refractivity contribution < 1.29 is 9.18 Å². The standard InChI is InChI=1S/C23H26FN5O/c1-15(16-6-5-7-18(24)12-16)26-20-11-10-17-14-25-22(28-21(17)13-20)29(2)23(30)27-19-8-3-4-9-19/h5-7,10-15,19,26H,3-4,8-9H2,1-2H3,(H,27,30)/t15-/m1/s1. The first-order valence-electron chi connectivity index (χ1n) is 10.3. The van der Waals surface area contributed by atoms with Crippen LogP contribution in [-0.2, 0) is 0 Å². The highest BCUT2D eigenvalue weighted by molar-refractivity contribution is 5.91. The topological polar surface area (TPSA) is 70.2 Å². The highest BCUT2D eigenvalue weighted by Gasteiger charge is 2.21. The molecule has 1 heterocycles. The molecule has 6 nitrogen and oxygen atoms in total. The zero-order valence-electron chi connectivity index (χ0n) is 17.2. The maximum absolute atomic E-state index is 13.5. The number of nitrogens with zero attached hydrogens (tertiary/aromatic N) is 3. The van der Waals surface area contributed by atoms with E-state index in [1.165, 1.54) is 17.0 Å². The number of nitrogens with one attached hydrogen (secondary N) is 2. The largest absolute Gasteiger partial charge is 0.378 e. The number of halogens is 1. The van der Waals surface area contributed by atoms with Crippen molar-refractivity contribution in [3.05, 3.63) is 60.0 Å². The predicted molar refractivity (Wildman–Crippen MR) is 117 cm³/mol. The fraction of sp³-hybridized carbons (Fsp3) is 0.348. The van der Waals surface area contributed by atoms with Gasteiger partial charge in [0.2, 0.25) is 5.95 Å². The quantitative estimate of drug-likeness (QED) is 0.622. The minimum atomic E-state index is -0.254. The van der Waals surface area contributed by atoms with Gasteiger partial charge in [0, 0.05) is 36.4 Å². The van der Waals surface area contributed by atoms with Crippen LogP contribution in [0.1, 0.15) is 44.2 Å². The van der Waals surface area contributed by atoms with Crippen LogP contribution in [0.3, 0.4) is 0 Å². The first-order chi connectivity index (χ1) is 14.5. The second-order valence-corrected chi connectivity index (χ2v) is 7.85. The number of hydrogen-bond donors (Lipinski definition) is 2. The molecule has 1 aliphatic carbocycles. The number of aromatic nitrogens is 2. The third-order valence-corrected chi connectivity index (χ3v) is 5.59. The summed E-state index contributed by atoms with van der Waals surface area (Å²) in [5.74, 6) is 0.101. The Hall–Kier alpha value is -3.22. The maximum atomic E-state index is 13.5. The Morgan fingerprint density at radius 1 is 1.20 bits per heavy atom. The summed E-state index contributed by atoms with van der Waals surface area (Å²) in [7, 11) is 1.68. The van der Waals surface area contributed by atoms with Gasteiger partial charge in [-0.2, -0.15) is 0 Å². The summed E-state index contributed by atoms with van der Waals surface area (Å²) < 4.78 is 13.5. The molecule has 7 heteroatoms. The number of rotatable bonds is 5. The van der Waals surface area contributed by atoms with E-state index in [-0.39, 0.29) is 23.9 Å². The van der Waals surface area contributed by atoms with Crippen molar-refractivity contribution in [2.24, 2.45) is 0 Å². The molecule has 1 fully saturated rings. The van der Waals surface area contributed by atoms with Crippen molar-refractivity contribution in [3.63, 3.8) is 0 Å². The van der Waals surface area contributed by atoms with E-state index >= 15 is 0 Å². The fourth-order valence-corrected chi connectivity index (χ4v) is 3.81. The summed E-state index contributed by atoms with van der Waals surface area (Å²) in [5, 5.41) is 7.31. The summed E-state index contributed by atoms with van der Waals surface area (Å²) in [6.07, 6.45) is 6.08. The molecule has 2 amide bonds. The van der Waals surface area contributed by atoms with E-state index in [1.807, 2.05) is 31.2 Å². The van der Waals surface area contributed by atoms with Crippen LogP contribution < -0.4 is 15.5 Å². The summed E-state index contributed by atoms with van der Waals surface area (Å²) >= 11 is 0. The van der Waals surface area contributed by atoms with Gasteiger partial charge in [0.1, 0.15) is 5.82 Å². The number of benzene rings is 2. The number of carbonyl (C=O) groups excluding carboxylic acids is 1. The molecule has 4 rings (SSSR count). The molecule has 3 aromatic rings. The molecule has 0 unspecified atom stereocenters. The van der Waals surface area contributed by atoms with Crippen molar-refractivity contribution in [3.8, 4) is 0 Å². The van der Waals surface area contributed by atoms with Gasteiger partial charge < -0.3 is 10.6 Å². The number of anilines is 2. The van der Waals surface area contributed by atoms with E-state index in [4.69, 9.17) is 0 Å². The van der Waals surface area contributed by atoms with E-state index in [0.717, 1.165) is 47.8 Å². The minimum absolute atomic E-state index is 0.0701. The lowest BCUT2D eigenvalue weighted by molar-refractivity contribution is 0.243. The normalized spacial score (nSPS) is 15.2. The van der Waals surface area contributed by atoms with Gasteiger partial charge in [0.05, 0.1) is 5.52 Å². The average Bonchev–Trinajstić information content (AvgIpc) is 3.25. The van der Waals surface area contributed by atoms with Crippen LogP contribution >= 0.6 is 0 Å². The van der Waals surface area contributed by atoms with Crippen LogP contribution in [0.2, 0.25) is 0 Å². The second kappa shape index (κ2) is 8.65. The van der Waals surface area contributed by atoms with E-state index in [9.17, 15) is 9.18 Å². The van der Waals surface area contributed by atoms with Crippen LogP contribution in [0.15, 0.2) is 48.7 Å². The minimum Gasteiger partial charge on any atom is -0.378 e. The van der Waals surface area contributed by atoms with E-state index in [1.54, 1.807) is 19.3 Å². The molecule has 0 aliphatic heterocycles. The van der Waals surface area contributed by atoms with Gasteiger partial charge in [0.25, 0.3) is 0 Å². The molecule has 1 saturated carbocycles. The molecule has 2 aromatic carbocycles. The van der Waals surface area contributed by atoms with Crippen molar-refractivity contribution in [2.45, 2.75) is 44.7 Å². The van der Waals surface area contributed by atoms with Crippen LogP contribution in [0, 0.1) is 5.82 Å². The maximum Gasteiger partial charge on any atom is 0.324 e. The van der Waals surface area contributed by atoms with Crippen molar-refractivity contribution in [2.75, 3.05) is 17.3 Å². The Bertz CT molecular complexity index is 1050. The molecule has 0 spiro atoms. The summed E-state index contributed by atoms with van der Waals surface area (Å²) in [5.41, 5.74) is 2.46. The molecular formula is C23H26FN5O. The highest BCUT2D eigenvalue weighted by Crippen LogP contribution is 2.24. The van der Waals surface area contributed by atoms with E-state index in [2.05, 4.69) is 20.6 Å². The predicted octanol–water partition coefficient (Wildman–Crippen LogP) is 5.03. The van der Waals surface area contributed by atoms with Crippen molar-refractivity contribution >= 4 is 28.6 Å². The van der Waals surface area contributed by atoms with Crippen LogP contribution in [0.4, 0.5) is 20.8 Å². The summed E-state index contributed by atoms with van der Waals surface area (Å²) in [6, 6.07) is 12.3. The first-order valence-corrected chi connectivity index (χ1v) is 10.3. The van der Waals surface area contributed by atoms with Gasteiger partial charge in [-0.1, -0.05) is 25.0 Å². The van der Waals surface area contributed by atoms with Gasteiger partial charge in [-0.15, -0.1) is 0 Å². The fourth-order valence-electron chi connectivity index (χ4n) is 3.81. The van der Waals surface area contributed by atoms with Crippen LogP contribution in [0.25, 0.3) is 10.9 Å². The Labute approximate surface area is 175 Å². The third kappa shape index (κ3) is 4.50. The molecule has 2 N–H and O–H groups in total. The van der Waals surface area contributed by atoms with Gasteiger partial charge in [-0.3, -0.25) is 4.90 Å². The molecule has 1 aliphatic rings. The lowest BCUT2D eigenvalue weighted by Crippen LogP contribution is -2.42. The van der Waals surface area contributed by atoms with Crippen LogP contribution in [0.5, 0.6) is 0 Å². The molecule has 0 bridgehead atoms. The number of carbonyl (C=O) groups is 1. The zero-order valence-corrected chi connectivity index (χ0v) is 17.2. The van der Waals surface area contributed by atoms with Gasteiger partial charge in [-0.25, -0.2) is 19.2 Å². The molecule has 1 atom stereocenters. The molecule has 30 heavy (non-hydrogen) atoms. The number of fused-ring (bicyclic) bond motifs is 1. The Kier molecular flexibility index (Phi) is 5.79. The number of amides is 2. The van der Waals surface area contributed by atoms with E-state index < -0.39 is 0 Å². The summed E-state index contributed by atoms with van der Waals surface area (Å²) in [6.45, 7) is 1.98. The van der Waals surface area contributed by atoms with Crippen molar-refractivity contribution in [1.82, 2.24) is 15.3 Å². The highest BCUT2D eigenvalue weighted by atomic mass is 19.1. The van der Waals surface area contributed by atoms with Crippen LogP contribution in [-0.4, -0.2) is 29.1 Å². The second-order valence-electron chi connectivity index (χ2n) is 7.85. The molecule has 0 radical (unpaired) electrons. The number of hydrogen-bond acceptors (Lipinski definition) is 4. The Morgan fingerprint density at radius 2 is 2.00 bits per heavy atom. The Balaban J connectivity index is 1.51. The molecular weight excluding hydrogens is 381 g/mol. The lowest BCUT2D eigenvalue weighted by atomic mass is 10.1. The van der Waals surface area contributed by atoms with Crippen molar-refractivity contribution in [1.29, 1.82) is 0 Å². The molecule has 0 saturated heterocycles. The first kappa shape index (κ1) is 20.1. The van der Waals surface area contributed by atoms with Gasteiger partial charge in [0.15, 0.2) is 0 Å². The third-order valence-electron chi connectivity index (χ3n) is 5.59. The lowest BCUT2D eigenvalue weighted by Gasteiger charge is -2.20. The Morgan fingerprint density at radius 3 is 2.77 bits per heavy atom. The molecule has 156 valence electrons. The summed E-state index contributed by atoms with van der Waals surface area (Å²) in [4.78, 5) is 22.9.